The molecule has 1 atom stereocenters. The number of hydrogen-bond donors (Lipinski definition) is 1. The van der Waals surface area contributed by atoms with Crippen LogP contribution in [0.1, 0.15) is 18.7 Å². The molecule has 5 nitrogen and oxygen atoms in total. The van der Waals surface area contributed by atoms with Crippen molar-refractivity contribution in [1.29, 1.82) is 0 Å². The van der Waals surface area contributed by atoms with Crippen molar-refractivity contribution < 1.29 is 9.34 Å². The molecule has 2 aromatic rings. The molecule has 1 aromatic heterocycles. The van der Waals surface area contributed by atoms with Gasteiger partial charge in [-0.05, 0) is 31.2 Å². The lowest BCUT2D eigenvalue weighted by molar-refractivity contribution is -0.384. The Kier molecular flexibility index (Phi) is 3.53. The zero-order valence-electron chi connectivity index (χ0n) is 9.59. The molecular formula is C12H11ClN2O3. The molecule has 0 aliphatic heterocycles. The zero-order chi connectivity index (χ0) is 13.1. The van der Waals surface area contributed by atoms with Gasteiger partial charge >= 0.3 is 0 Å². The van der Waals surface area contributed by atoms with Crippen LogP contribution in [0.15, 0.2) is 41.0 Å². The first-order valence-electron chi connectivity index (χ1n) is 5.32. The number of furan rings is 1. The lowest BCUT2D eigenvalue weighted by Gasteiger charge is -2.12. The quantitative estimate of drug-likeness (QED) is 0.670. The topological polar surface area (TPSA) is 68.3 Å². The predicted octanol–water partition coefficient (Wildman–Crippen LogP) is 4.01. The molecule has 0 bridgehead atoms. The van der Waals surface area contributed by atoms with E-state index in [9.17, 15) is 10.1 Å². The Bertz CT molecular complexity index is 554. The highest BCUT2D eigenvalue weighted by Crippen LogP contribution is 2.29. The summed E-state index contributed by atoms with van der Waals surface area (Å²) in [4.78, 5) is 10.3. The second kappa shape index (κ2) is 5.10. The van der Waals surface area contributed by atoms with Gasteiger partial charge in [0.25, 0.3) is 5.69 Å². The highest BCUT2D eigenvalue weighted by atomic mass is 35.5. The Hall–Kier alpha value is -2.01. The molecular weight excluding hydrogens is 256 g/mol. The van der Waals surface area contributed by atoms with Gasteiger partial charge in [-0.1, -0.05) is 11.6 Å². The first-order valence-corrected chi connectivity index (χ1v) is 5.69. The SMILES string of the molecule is CC(Nc1ccc(Cl)c([N+](=O)[O-])c1)c1ccco1. The van der Waals surface area contributed by atoms with E-state index in [0.717, 1.165) is 5.76 Å². The molecule has 1 heterocycles. The maximum Gasteiger partial charge on any atom is 0.289 e. The molecule has 0 spiro atoms. The van der Waals surface area contributed by atoms with Crippen molar-refractivity contribution in [2.24, 2.45) is 0 Å². The van der Waals surface area contributed by atoms with E-state index in [4.69, 9.17) is 16.0 Å². The molecule has 0 amide bonds. The Balaban J connectivity index is 2.20. The van der Waals surface area contributed by atoms with Gasteiger partial charge < -0.3 is 9.73 Å². The van der Waals surface area contributed by atoms with E-state index in [1.54, 1.807) is 18.4 Å². The summed E-state index contributed by atoms with van der Waals surface area (Å²) in [7, 11) is 0. The Labute approximate surface area is 109 Å². The van der Waals surface area contributed by atoms with Crippen molar-refractivity contribution in [3.05, 3.63) is 57.5 Å². The average molecular weight is 267 g/mol. The number of halogens is 1. The number of hydrogen-bond acceptors (Lipinski definition) is 4. The molecule has 94 valence electrons. The van der Waals surface area contributed by atoms with Crippen molar-refractivity contribution in [2.45, 2.75) is 13.0 Å². The van der Waals surface area contributed by atoms with Crippen molar-refractivity contribution in [3.63, 3.8) is 0 Å². The van der Waals surface area contributed by atoms with Gasteiger partial charge in [0, 0.05) is 11.8 Å². The second-order valence-electron chi connectivity index (χ2n) is 3.80. The minimum Gasteiger partial charge on any atom is -0.467 e. The molecule has 0 aliphatic carbocycles. The molecule has 1 unspecified atom stereocenters. The van der Waals surface area contributed by atoms with E-state index in [1.165, 1.54) is 12.1 Å². The van der Waals surface area contributed by atoms with Crippen LogP contribution in [0.5, 0.6) is 0 Å². The summed E-state index contributed by atoms with van der Waals surface area (Å²) in [5.74, 6) is 0.757. The second-order valence-corrected chi connectivity index (χ2v) is 4.21. The standard InChI is InChI=1S/C12H11ClN2O3/c1-8(12-3-2-6-18-12)14-9-4-5-10(13)11(7-9)15(16)17/h2-8,14H,1H3. The molecule has 0 saturated carbocycles. The average Bonchev–Trinajstić information content (AvgIpc) is 2.85. The number of nitrogens with zero attached hydrogens (tertiary/aromatic N) is 1. The van der Waals surface area contributed by atoms with Crippen LogP contribution in [-0.4, -0.2) is 4.92 Å². The maximum absolute atomic E-state index is 10.8. The minimum absolute atomic E-state index is 0.0826. The molecule has 1 aromatic carbocycles. The fraction of sp³-hybridized carbons (Fsp3) is 0.167. The van der Waals surface area contributed by atoms with Crippen LogP contribution in [0, 0.1) is 10.1 Å². The van der Waals surface area contributed by atoms with Gasteiger partial charge in [-0.3, -0.25) is 10.1 Å². The molecule has 18 heavy (non-hydrogen) atoms. The van der Waals surface area contributed by atoms with E-state index >= 15 is 0 Å². The van der Waals surface area contributed by atoms with Crippen molar-refractivity contribution in [3.8, 4) is 0 Å². The third kappa shape index (κ3) is 2.62. The molecule has 2 rings (SSSR count). The highest BCUT2D eigenvalue weighted by molar-refractivity contribution is 6.32. The van der Waals surface area contributed by atoms with Crippen LogP contribution in [0.2, 0.25) is 5.02 Å². The van der Waals surface area contributed by atoms with Crippen molar-refractivity contribution >= 4 is 23.0 Å². The summed E-state index contributed by atoms with van der Waals surface area (Å²) < 4.78 is 5.25. The van der Waals surface area contributed by atoms with Gasteiger partial charge in [-0.2, -0.15) is 0 Å². The number of nitro groups is 1. The van der Waals surface area contributed by atoms with Crippen molar-refractivity contribution in [2.75, 3.05) is 5.32 Å². The summed E-state index contributed by atoms with van der Waals surface area (Å²) in [6.07, 6.45) is 1.58. The molecule has 0 fully saturated rings. The predicted molar refractivity (Wildman–Crippen MR) is 68.9 cm³/mol. The fourth-order valence-electron chi connectivity index (χ4n) is 1.60. The van der Waals surface area contributed by atoms with E-state index in [2.05, 4.69) is 5.32 Å². The number of rotatable bonds is 4. The monoisotopic (exact) mass is 266 g/mol. The van der Waals surface area contributed by atoms with Crippen LogP contribution in [-0.2, 0) is 0 Å². The summed E-state index contributed by atoms with van der Waals surface area (Å²) in [6.45, 7) is 1.90. The first kappa shape index (κ1) is 12.4. The Morgan fingerprint density at radius 2 is 2.22 bits per heavy atom. The smallest absolute Gasteiger partial charge is 0.289 e. The molecule has 0 radical (unpaired) electrons. The summed E-state index contributed by atoms with van der Waals surface area (Å²) in [6, 6.07) is 8.13. The molecule has 0 saturated heterocycles. The largest absolute Gasteiger partial charge is 0.467 e. The third-order valence-corrected chi connectivity index (χ3v) is 2.82. The lowest BCUT2D eigenvalue weighted by Crippen LogP contribution is -2.05. The first-order chi connectivity index (χ1) is 8.58. The van der Waals surface area contributed by atoms with Crippen LogP contribution in [0.4, 0.5) is 11.4 Å². The minimum atomic E-state index is -0.509. The lowest BCUT2D eigenvalue weighted by atomic mass is 10.2. The van der Waals surface area contributed by atoms with Crippen LogP contribution < -0.4 is 5.32 Å². The zero-order valence-corrected chi connectivity index (χ0v) is 10.3. The number of nitrogens with one attached hydrogen (secondary N) is 1. The van der Waals surface area contributed by atoms with Gasteiger partial charge in [0.2, 0.25) is 0 Å². The van der Waals surface area contributed by atoms with Gasteiger partial charge in [0.05, 0.1) is 17.2 Å². The summed E-state index contributed by atoms with van der Waals surface area (Å²) in [5.41, 5.74) is 0.503. The van der Waals surface area contributed by atoms with E-state index in [1.807, 2.05) is 13.0 Å². The van der Waals surface area contributed by atoms with Gasteiger partial charge in [0.1, 0.15) is 10.8 Å². The van der Waals surface area contributed by atoms with Crippen LogP contribution in [0.3, 0.4) is 0 Å². The molecule has 1 N–H and O–H groups in total. The maximum atomic E-state index is 10.8. The molecule has 0 aliphatic rings. The highest BCUT2D eigenvalue weighted by Gasteiger charge is 2.14. The van der Waals surface area contributed by atoms with E-state index in [-0.39, 0.29) is 16.8 Å². The summed E-state index contributed by atoms with van der Waals surface area (Å²) >= 11 is 5.74. The number of nitro benzene ring substituents is 1. The fourth-order valence-corrected chi connectivity index (χ4v) is 1.79. The van der Waals surface area contributed by atoms with E-state index < -0.39 is 4.92 Å². The number of benzene rings is 1. The van der Waals surface area contributed by atoms with Crippen LogP contribution in [0.25, 0.3) is 0 Å². The number of anilines is 1. The summed E-state index contributed by atoms with van der Waals surface area (Å²) in [5, 5.41) is 14.0. The third-order valence-electron chi connectivity index (χ3n) is 2.50. The van der Waals surface area contributed by atoms with E-state index in [0.29, 0.717) is 5.69 Å². The molecule has 6 heteroatoms. The van der Waals surface area contributed by atoms with Crippen LogP contribution >= 0.6 is 11.6 Å². The normalized spacial score (nSPS) is 12.1. The Morgan fingerprint density at radius 1 is 1.44 bits per heavy atom. The Morgan fingerprint density at radius 3 is 2.83 bits per heavy atom. The van der Waals surface area contributed by atoms with Gasteiger partial charge in [0.15, 0.2) is 0 Å². The van der Waals surface area contributed by atoms with Gasteiger partial charge in [-0.15, -0.1) is 0 Å². The van der Waals surface area contributed by atoms with Crippen molar-refractivity contribution in [1.82, 2.24) is 0 Å². The van der Waals surface area contributed by atoms with Gasteiger partial charge in [-0.25, -0.2) is 0 Å².